The number of nitrogens with one attached hydrogen (secondary N) is 1. The Balaban J connectivity index is 0.00000370. The fraction of sp³-hybridized carbons (Fsp3) is 0.290. The van der Waals surface area contributed by atoms with Crippen LogP contribution in [0.2, 0.25) is 0 Å². The maximum Gasteiger partial charge on any atom is 0.274 e. The summed E-state index contributed by atoms with van der Waals surface area (Å²) in [5.74, 6) is -0.264. The molecule has 2 aromatic heterocycles. The molecule has 40 heavy (non-hydrogen) atoms. The number of aromatic nitrogens is 3. The van der Waals surface area contributed by atoms with Crippen molar-refractivity contribution in [3.05, 3.63) is 101 Å². The zero-order valence-corrected chi connectivity index (χ0v) is 25.8. The van der Waals surface area contributed by atoms with Crippen LogP contribution in [0.5, 0.6) is 0 Å². The van der Waals surface area contributed by atoms with Gasteiger partial charge in [0, 0.05) is 63.3 Å². The summed E-state index contributed by atoms with van der Waals surface area (Å²) < 4.78 is 0. The van der Waals surface area contributed by atoms with Gasteiger partial charge in [0.15, 0.2) is 0 Å². The first kappa shape index (κ1) is 30.1. The molecule has 1 aliphatic rings. The van der Waals surface area contributed by atoms with Gasteiger partial charge in [-0.25, -0.2) is 0 Å². The smallest absolute Gasteiger partial charge is 0.274 e. The number of pyridine rings is 1. The van der Waals surface area contributed by atoms with E-state index in [2.05, 4.69) is 36.9 Å². The number of likely N-dealkylation sites (tertiary alicyclic amines) is 1. The minimum atomic E-state index is -0.264. The van der Waals surface area contributed by atoms with Gasteiger partial charge in [-0.2, -0.15) is 10.2 Å². The number of carbonyl (C=O) groups excluding carboxylic acids is 1. The Morgan fingerprint density at radius 2 is 1.88 bits per heavy atom. The van der Waals surface area contributed by atoms with E-state index in [9.17, 15) is 4.79 Å². The molecule has 1 aliphatic heterocycles. The summed E-state index contributed by atoms with van der Waals surface area (Å²) in [6, 6.07) is 23.8. The average Bonchev–Trinajstić information content (AvgIpc) is 2.97. The van der Waals surface area contributed by atoms with Gasteiger partial charge in [0.05, 0.1) is 11.4 Å². The third-order valence-electron chi connectivity index (χ3n) is 6.68. The van der Waals surface area contributed by atoms with E-state index in [0.29, 0.717) is 18.0 Å². The number of piperidine rings is 1. The van der Waals surface area contributed by atoms with E-state index < -0.39 is 0 Å². The van der Waals surface area contributed by atoms with Crippen LogP contribution in [0.3, 0.4) is 0 Å². The summed E-state index contributed by atoms with van der Waals surface area (Å²) in [5, 5.41) is 11.7. The van der Waals surface area contributed by atoms with Gasteiger partial charge < -0.3 is 20.5 Å². The molecule has 0 saturated carbocycles. The first-order valence-electron chi connectivity index (χ1n) is 13.4. The summed E-state index contributed by atoms with van der Waals surface area (Å²) >= 11 is 0. The second-order valence-corrected chi connectivity index (χ2v) is 9.78. The van der Waals surface area contributed by atoms with Crippen LogP contribution in [0, 0.1) is 6.92 Å². The summed E-state index contributed by atoms with van der Waals surface area (Å²) in [7, 11) is 0. The summed E-state index contributed by atoms with van der Waals surface area (Å²) in [5.41, 5.74) is 11.0. The molecule has 0 spiro atoms. The van der Waals surface area contributed by atoms with E-state index in [1.807, 2.05) is 80.6 Å². The summed E-state index contributed by atoms with van der Waals surface area (Å²) in [4.78, 5) is 25.3. The van der Waals surface area contributed by atoms with Gasteiger partial charge in [0.2, 0.25) is 0 Å². The number of nitrogens with zero attached hydrogens (tertiary/aromatic N) is 5. The van der Waals surface area contributed by atoms with Crippen molar-refractivity contribution >= 4 is 11.6 Å². The number of amides is 1. The molecule has 1 N–H and O–H groups in total. The van der Waals surface area contributed by atoms with E-state index in [1.54, 1.807) is 6.20 Å². The van der Waals surface area contributed by atoms with Crippen molar-refractivity contribution in [1.29, 1.82) is 0 Å². The van der Waals surface area contributed by atoms with E-state index in [1.165, 1.54) is 0 Å². The molecule has 4 aromatic rings. The largest absolute Gasteiger partial charge is 0.530 e. The van der Waals surface area contributed by atoms with Gasteiger partial charge in [-0.1, -0.05) is 36.8 Å². The molecule has 2 aromatic carbocycles. The minimum absolute atomic E-state index is 0. The van der Waals surface area contributed by atoms with Crippen molar-refractivity contribution in [2.75, 3.05) is 25.0 Å². The number of rotatable bonds is 9. The van der Waals surface area contributed by atoms with Crippen molar-refractivity contribution in [3.8, 4) is 22.4 Å². The Morgan fingerprint density at radius 3 is 2.65 bits per heavy atom. The van der Waals surface area contributed by atoms with Gasteiger partial charge in [-0.3, -0.25) is 9.78 Å². The molecule has 1 unspecified atom stereocenters. The maximum absolute atomic E-state index is 13.3. The molecule has 1 fully saturated rings. The molecule has 8 nitrogen and oxygen atoms in total. The minimum Gasteiger partial charge on any atom is -0.530 e. The second-order valence-electron chi connectivity index (χ2n) is 9.78. The predicted octanol–water partition coefficient (Wildman–Crippen LogP) is 6.05. The molecule has 0 bridgehead atoms. The Kier molecular flexibility index (Phi) is 11.0. The van der Waals surface area contributed by atoms with Crippen LogP contribution in [-0.2, 0) is 44.1 Å². The number of hydroxylamine groups is 1. The van der Waals surface area contributed by atoms with E-state index in [0.717, 1.165) is 66.1 Å². The molecule has 1 saturated heterocycles. The van der Waals surface area contributed by atoms with Gasteiger partial charge >= 0.3 is 0 Å². The standard InChI is InChI=1S/C31H33N6O2.Y/c1-3-39-36-27-10-7-15-37(21-27)20-23-16-26(29-12-11-22(2)34-35-29)18-28(17-23)33-31(38)30-19-25(13-14-32-30)24-8-5-4-6-9-24;/h4-6,8-9,11-14,16-19,27H,3,7,10,15,20-21H2,1-2H3,(H,33,38);/q-1;. The molecular weight excluding hydrogens is 577 g/mol. The van der Waals surface area contributed by atoms with Crippen LogP contribution in [0.15, 0.2) is 79.0 Å². The molecule has 1 amide bonds. The SMILES string of the molecule is CCO[N-]C1CCCN(Cc2cc(NC(=O)c3cc(-c4ccccc4)ccn3)cc(-c3ccc(C)nn3)c2)C1.[Y]. The molecule has 3 heterocycles. The van der Waals surface area contributed by atoms with E-state index >= 15 is 0 Å². The first-order valence-corrected chi connectivity index (χ1v) is 13.4. The molecule has 9 heteroatoms. The Bertz CT molecular complexity index is 1400. The Hall–Kier alpha value is -2.88. The maximum atomic E-state index is 13.3. The number of aryl methyl sites for hydroxylation is 1. The quantitative estimate of drug-likeness (QED) is 0.232. The number of hydrogen-bond donors (Lipinski definition) is 1. The van der Waals surface area contributed by atoms with Gasteiger partial charge in [-0.05, 0) is 92.5 Å². The van der Waals surface area contributed by atoms with Crippen LogP contribution in [0.25, 0.3) is 27.9 Å². The number of benzene rings is 2. The molecular formula is C31H33N6O2Y-. The van der Waals surface area contributed by atoms with Crippen LogP contribution in [0.1, 0.15) is 41.5 Å². The molecule has 1 atom stereocenters. The van der Waals surface area contributed by atoms with Crippen LogP contribution < -0.4 is 5.32 Å². The zero-order valence-electron chi connectivity index (χ0n) is 23.0. The van der Waals surface area contributed by atoms with Crippen molar-refractivity contribution < 1.29 is 42.3 Å². The van der Waals surface area contributed by atoms with Crippen molar-refractivity contribution in [2.24, 2.45) is 0 Å². The molecule has 203 valence electrons. The van der Waals surface area contributed by atoms with Gasteiger partial charge in [0.1, 0.15) is 5.69 Å². The third kappa shape index (κ3) is 8.09. The monoisotopic (exact) mass is 610 g/mol. The number of anilines is 1. The van der Waals surface area contributed by atoms with Crippen LogP contribution in [0.4, 0.5) is 5.69 Å². The number of carbonyl (C=O) groups is 1. The Morgan fingerprint density at radius 1 is 1.02 bits per heavy atom. The predicted molar refractivity (Wildman–Crippen MR) is 153 cm³/mol. The van der Waals surface area contributed by atoms with Crippen molar-refractivity contribution in [2.45, 2.75) is 39.3 Å². The van der Waals surface area contributed by atoms with Gasteiger partial charge in [0.25, 0.3) is 5.91 Å². The normalized spacial score (nSPS) is 15.3. The van der Waals surface area contributed by atoms with Crippen molar-refractivity contribution in [1.82, 2.24) is 20.1 Å². The van der Waals surface area contributed by atoms with Crippen LogP contribution in [-0.4, -0.2) is 51.7 Å². The fourth-order valence-corrected chi connectivity index (χ4v) is 4.82. The van der Waals surface area contributed by atoms with E-state index in [4.69, 9.17) is 4.84 Å². The molecule has 1 radical (unpaired) electrons. The first-order chi connectivity index (χ1) is 19.1. The summed E-state index contributed by atoms with van der Waals surface area (Å²) in [6.07, 6.45) is 3.77. The average molecular weight is 611 g/mol. The Labute approximate surface area is 260 Å². The number of hydrogen-bond acceptors (Lipinski definition) is 6. The summed E-state index contributed by atoms with van der Waals surface area (Å²) in [6.45, 7) is 7.01. The molecule has 5 rings (SSSR count). The van der Waals surface area contributed by atoms with Crippen molar-refractivity contribution in [3.63, 3.8) is 0 Å². The van der Waals surface area contributed by atoms with Gasteiger partial charge in [-0.15, -0.1) is 6.04 Å². The second kappa shape index (κ2) is 14.7. The van der Waals surface area contributed by atoms with E-state index in [-0.39, 0.29) is 44.7 Å². The zero-order chi connectivity index (χ0) is 27.0. The third-order valence-corrected chi connectivity index (χ3v) is 6.68. The molecule has 0 aliphatic carbocycles. The van der Waals surface area contributed by atoms with Crippen LogP contribution >= 0.6 is 0 Å². The fourth-order valence-electron chi connectivity index (χ4n) is 4.82. The topological polar surface area (TPSA) is 94.3 Å².